The molecule has 0 saturated carbocycles. The average Bonchev–Trinajstić information content (AvgIpc) is 3.46. The van der Waals surface area contributed by atoms with Crippen molar-refractivity contribution in [2.24, 2.45) is 5.73 Å². The van der Waals surface area contributed by atoms with Crippen molar-refractivity contribution in [3.05, 3.63) is 98.3 Å². The van der Waals surface area contributed by atoms with Gasteiger partial charge < -0.3 is 15.6 Å². The summed E-state index contributed by atoms with van der Waals surface area (Å²) in [6.45, 7) is 1.41. The van der Waals surface area contributed by atoms with E-state index in [-0.39, 0.29) is 72.7 Å². The number of nitrogens with two attached hydrogens (primary N) is 1. The maximum absolute atomic E-state index is 13.8. The van der Waals surface area contributed by atoms with Crippen LogP contribution >= 0.6 is 0 Å². The highest BCUT2D eigenvalue weighted by molar-refractivity contribution is 5.90. The first-order chi connectivity index (χ1) is 23.7. The third kappa shape index (κ3) is 8.10. The molecule has 0 bridgehead atoms. The summed E-state index contributed by atoms with van der Waals surface area (Å²) in [5.41, 5.74) is -0.566. The van der Waals surface area contributed by atoms with Gasteiger partial charge in [-0.15, -0.1) is 0 Å². The molecule has 5 rings (SSSR count). The molecule has 4 N–H and O–H groups in total. The number of aryl methyl sites for hydroxylation is 1. The lowest BCUT2D eigenvalue weighted by Crippen LogP contribution is -2.61. The van der Waals surface area contributed by atoms with Crippen LogP contribution in [0.15, 0.2) is 51.9 Å². The molecule has 0 spiro atoms. The van der Waals surface area contributed by atoms with E-state index in [4.69, 9.17) is 10.5 Å². The molecule has 2 aromatic heterocycles. The lowest BCUT2D eigenvalue weighted by atomic mass is 9.80. The van der Waals surface area contributed by atoms with Gasteiger partial charge in [0, 0.05) is 18.8 Å². The van der Waals surface area contributed by atoms with Crippen LogP contribution in [0, 0.1) is 0 Å². The molecule has 1 aliphatic heterocycles. The fourth-order valence-electron chi connectivity index (χ4n) is 5.78. The predicted octanol–water partition coefficient (Wildman–Crippen LogP) is 6.90. The number of ether oxygens (including phenoxy) is 1. The summed E-state index contributed by atoms with van der Waals surface area (Å²) in [5.74, 6) is -2.27. The number of hydrogen-bond acceptors (Lipinski definition) is 8. The van der Waals surface area contributed by atoms with Crippen LogP contribution in [-0.2, 0) is 31.4 Å². The molecule has 2 aromatic carbocycles. The van der Waals surface area contributed by atoms with Gasteiger partial charge in [-0.05, 0) is 66.8 Å². The molecule has 0 fully saturated rings. The lowest BCUT2D eigenvalue weighted by molar-refractivity contribution is -0.143. The number of nitrogens with one attached hydrogen (secondary N) is 1. The van der Waals surface area contributed by atoms with Gasteiger partial charge in [0.15, 0.2) is 11.6 Å². The number of nitrogens with zero attached hydrogens (tertiary/aromatic N) is 4. The number of carboxylic acid groups (broad SMARTS) is 1. The van der Waals surface area contributed by atoms with E-state index in [1.165, 1.54) is 0 Å². The van der Waals surface area contributed by atoms with Crippen LogP contribution in [0.5, 0.6) is 5.75 Å². The van der Waals surface area contributed by atoms with Crippen molar-refractivity contribution in [1.82, 2.24) is 20.1 Å². The molecule has 3 heterocycles. The number of rotatable bonds is 9. The molecule has 0 unspecified atom stereocenters. The van der Waals surface area contributed by atoms with Crippen molar-refractivity contribution in [2.75, 3.05) is 11.5 Å². The van der Waals surface area contributed by atoms with Crippen LogP contribution in [0.1, 0.15) is 77.3 Å². The maximum atomic E-state index is 13.8. The van der Waals surface area contributed by atoms with Gasteiger partial charge in [0.1, 0.15) is 11.5 Å². The summed E-state index contributed by atoms with van der Waals surface area (Å²) in [5, 5.41) is 13.5. The van der Waals surface area contributed by atoms with Crippen LogP contribution in [-0.4, -0.2) is 43.6 Å². The van der Waals surface area contributed by atoms with Crippen LogP contribution in [0.2, 0.25) is 0 Å². The molecule has 1 amide bonds. The van der Waals surface area contributed by atoms with Crippen molar-refractivity contribution in [3.8, 4) is 5.75 Å². The van der Waals surface area contributed by atoms with E-state index in [2.05, 4.69) is 24.6 Å². The van der Waals surface area contributed by atoms with Gasteiger partial charge in [-0.3, -0.25) is 14.4 Å². The molecule has 11 nitrogen and oxygen atoms in total. The highest BCUT2D eigenvalue weighted by Gasteiger charge is 2.47. The topological polar surface area (TPSA) is 160 Å². The Balaban J connectivity index is 1.62. The summed E-state index contributed by atoms with van der Waals surface area (Å²) in [6.07, 6.45) is -16.4. The van der Waals surface area contributed by atoms with Crippen molar-refractivity contribution in [3.63, 3.8) is 0 Å². The number of anilines is 1. The van der Waals surface area contributed by atoms with E-state index in [9.17, 15) is 54.2 Å². The number of hydrogen-bond donors (Lipinski definition) is 3. The van der Waals surface area contributed by atoms with Crippen molar-refractivity contribution in [2.45, 2.75) is 69.1 Å². The van der Waals surface area contributed by atoms with Crippen LogP contribution in [0.25, 0.3) is 0 Å². The first-order valence-corrected chi connectivity index (χ1v) is 15.0. The van der Waals surface area contributed by atoms with E-state index < -0.39 is 70.6 Å². The Morgan fingerprint density at radius 3 is 2.24 bits per heavy atom. The van der Waals surface area contributed by atoms with Crippen LogP contribution in [0.4, 0.5) is 50.0 Å². The first-order valence-electron chi connectivity index (χ1n) is 15.0. The van der Waals surface area contributed by atoms with Gasteiger partial charge in [-0.25, -0.2) is 19.6 Å². The average molecular weight is 735 g/mol. The highest BCUT2D eigenvalue weighted by atomic mass is 19.4. The fraction of sp³-hybridized carbons (Fsp3) is 0.387. The number of aromatic amines is 1. The highest BCUT2D eigenvalue weighted by Crippen LogP contribution is 2.47. The molecule has 4 aromatic rings. The second-order valence-corrected chi connectivity index (χ2v) is 11.7. The number of fused-ring (bicyclic) bond motifs is 1. The number of amides is 1. The molecular formula is C31H27F9N6O5. The Bertz CT molecular complexity index is 1940. The Hall–Kier alpha value is -5.14. The zero-order valence-electron chi connectivity index (χ0n) is 26.2. The number of benzene rings is 2. The van der Waals surface area contributed by atoms with Gasteiger partial charge in [-0.1, -0.05) is 12.1 Å². The Kier molecular flexibility index (Phi) is 9.85. The third-order valence-corrected chi connectivity index (χ3v) is 8.26. The maximum Gasteiger partial charge on any atom is 0.438 e. The Labute approximate surface area is 281 Å². The van der Waals surface area contributed by atoms with Crippen molar-refractivity contribution < 1.29 is 58.7 Å². The summed E-state index contributed by atoms with van der Waals surface area (Å²) < 4.78 is 134. The van der Waals surface area contributed by atoms with E-state index in [0.29, 0.717) is 18.2 Å². The van der Waals surface area contributed by atoms with E-state index in [0.717, 1.165) is 23.2 Å². The van der Waals surface area contributed by atoms with Crippen LogP contribution < -0.4 is 21.1 Å². The van der Waals surface area contributed by atoms with Gasteiger partial charge in [0.25, 0.3) is 0 Å². The van der Waals surface area contributed by atoms with Gasteiger partial charge in [0.05, 0.1) is 40.9 Å². The minimum absolute atomic E-state index is 0.0223. The van der Waals surface area contributed by atoms with E-state index in [1.54, 1.807) is 6.92 Å². The minimum Gasteiger partial charge on any atom is -0.490 e. The van der Waals surface area contributed by atoms with Crippen LogP contribution in [0.3, 0.4) is 0 Å². The summed E-state index contributed by atoms with van der Waals surface area (Å²) >= 11 is 0. The predicted molar refractivity (Wildman–Crippen MR) is 158 cm³/mol. The number of aromatic nitrogens is 4. The Morgan fingerprint density at radius 1 is 1.04 bits per heavy atom. The van der Waals surface area contributed by atoms with Gasteiger partial charge in [0.2, 0.25) is 0 Å². The quantitative estimate of drug-likeness (QED) is 0.123. The summed E-state index contributed by atoms with van der Waals surface area (Å²) in [6, 6.07) is 3.29. The smallest absolute Gasteiger partial charge is 0.438 e. The van der Waals surface area contributed by atoms with Gasteiger partial charge >= 0.3 is 30.4 Å². The van der Waals surface area contributed by atoms with Gasteiger partial charge in [-0.2, -0.15) is 39.5 Å². The molecule has 0 saturated heterocycles. The number of alkyl halides is 9. The molecule has 20 heteroatoms. The molecule has 0 aliphatic carbocycles. The number of halogens is 9. The molecular weight excluding hydrogens is 707 g/mol. The Morgan fingerprint density at radius 2 is 1.69 bits per heavy atom. The zero-order chi connectivity index (χ0) is 37.5. The summed E-state index contributed by atoms with van der Waals surface area (Å²) in [4.78, 5) is 35.2. The van der Waals surface area contributed by atoms with Crippen molar-refractivity contribution >= 4 is 11.8 Å². The lowest BCUT2D eigenvalue weighted by Gasteiger charge is -2.46. The third-order valence-electron chi connectivity index (χ3n) is 8.26. The van der Waals surface area contributed by atoms with E-state index in [1.807, 2.05) is 0 Å². The second-order valence-electron chi connectivity index (χ2n) is 11.7. The standard InChI is InChI=1S/C31H27F9N6O5/c1-2-28(41)13-20(19-12-16(29(32,33)34)5-6-22(19)46(28)27(48)49)25-42-14-23(50-7-3-4-24-44-26(47)51-45-24)21(43-25)10-15-8-17(30(35,36)37)11-18(9-15)31(38,39)40/h5-6,8-9,11-12,14,20H,2-4,7,10,13,41H2,1H3,(H,48,49)(H,44,45,47)/t20-,28+/m0/s1. The largest absolute Gasteiger partial charge is 0.490 e. The fourth-order valence-corrected chi connectivity index (χ4v) is 5.78. The second kappa shape index (κ2) is 13.5. The monoisotopic (exact) mass is 734 g/mol. The number of H-pyrrole nitrogens is 1. The molecule has 51 heavy (non-hydrogen) atoms. The molecule has 1 aliphatic rings. The summed E-state index contributed by atoms with van der Waals surface area (Å²) in [7, 11) is 0. The molecule has 274 valence electrons. The number of carbonyl (C=O) groups is 1. The first kappa shape index (κ1) is 37.1. The molecule has 0 radical (unpaired) electrons. The minimum atomic E-state index is -5.16. The van der Waals surface area contributed by atoms with Crippen molar-refractivity contribution in [1.29, 1.82) is 0 Å². The normalized spacial score (nSPS) is 18.1. The van der Waals surface area contributed by atoms with E-state index >= 15 is 0 Å². The molecule has 2 atom stereocenters. The SMILES string of the molecule is CC[C@]1(N)C[C@H](c2ncc(OCCCc3noc(=O)[nH]3)c(Cc3cc(C(F)(F)F)cc(C(F)(F)F)c3)n2)c2cc(C(F)(F)F)ccc2N1C(=O)O. The zero-order valence-corrected chi connectivity index (χ0v) is 26.2.